The average molecular weight is 97.2 g/mol. The van der Waals surface area contributed by atoms with Crippen LogP contribution in [0, 0.1) is 10.8 Å². The smallest absolute Gasteiger partial charge is 0.00214 e. The standard InChI is InChI=1S/C6H11N/c1-6(5-7)3-2-4-6/h5,7H,2-4H2,1H3. The molecule has 1 nitrogen and oxygen atoms in total. The van der Waals surface area contributed by atoms with Crippen LogP contribution in [-0.2, 0) is 0 Å². The summed E-state index contributed by atoms with van der Waals surface area (Å²) in [7, 11) is 0. The van der Waals surface area contributed by atoms with Crippen LogP contribution in [0.2, 0.25) is 0 Å². The van der Waals surface area contributed by atoms with Crippen molar-refractivity contribution >= 4 is 6.21 Å². The molecule has 1 aliphatic rings. The molecule has 0 aromatic rings. The Labute approximate surface area is 44.2 Å². The van der Waals surface area contributed by atoms with Crippen LogP contribution >= 0.6 is 0 Å². The summed E-state index contributed by atoms with van der Waals surface area (Å²) in [6.45, 7) is 2.14. The molecule has 1 heteroatoms. The minimum Gasteiger partial charge on any atom is -0.313 e. The normalized spacial score (nSPS) is 25.9. The fourth-order valence-electron chi connectivity index (χ4n) is 0.879. The molecule has 1 rings (SSSR count). The van der Waals surface area contributed by atoms with Gasteiger partial charge in [0.15, 0.2) is 0 Å². The second-order valence-electron chi connectivity index (χ2n) is 2.65. The Morgan fingerprint density at radius 1 is 1.57 bits per heavy atom. The van der Waals surface area contributed by atoms with E-state index in [-0.39, 0.29) is 0 Å². The Morgan fingerprint density at radius 3 is 2.14 bits per heavy atom. The van der Waals surface area contributed by atoms with Gasteiger partial charge in [0.25, 0.3) is 0 Å². The predicted molar refractivity (Wildman–Crippen MR) is 30.7 cm³/mol. The maximum atomic E-state index is 6.93. The molecule has 0 amide bonds. The van der Waals surface area contributed by atoms with Gasteiger partial charge in [-0.05, 0) is 12.8 Å². The number of hydrogen-bond acceptors (Lipinski definition) is 1. The predicted octanol–water partition coefficient (Wildman–Crippen LogP) is 1.83. The minimum absolute atomic E-state index is 0.306. The second-order valence-corrected chi connectivity index (χ2v) is 2.65. The van der Waals surface area contributed by atoms with Gasteiger partial charge in [-0.1, -0.05) is 13.3 Å². The van der Waals surface area contributed by atoms with Crippen LogP contribution in [0.3, 0.4) is 0 Å². The molecule has 0 aromatic carbocycles. The quantitative estimate of drug-likeness (QED) is 0.483. The molecule has 0 saturated heterocycles. The van der Waals surface area contributed by atoms with Crippen molar-refractivity contribution in [2.24, 2.45) is 5.41 Å². The zero-order chi connectivity index (χ0) is 5.33. The molecule has 0 aromatic heterocycles. The molecule has 0 atom stereocenters. The fraction of sp³-hybridized carbons (Fsp3) is 0.833. The SMILES string of the molecule is CC1(C=N)CCC1. The van der Waals surface area contributed by atoms with Crippen LogP contribution in [-0.4, -0.2) is 6.21 Å². The van der Waals surface area contributed by atoms with E-state index in [1.807, 2.05) is 0 Å². The van der Waals surface area contributed by atoms with Crippen molar-refractivity contribution in [2.45, 2.75) is 26.2 Å². The van der Waals surface area contributed by atoms with Gasteiger partial charge in [-0.25, -0.2) is 0 Å². The lowest BCUT2D eigenvalue weighted by Gasteiger charge is -2.33. The first-order valence-corrected chi connectivity index (χ1v) is 2.78. The van der Waals surface area contributed by atoms with E-state index < -0.39 is 0 Å². The largest absolute Gasteiger partial charge is 0.313 e. The molecule has 0 heterocycles. The van der Waals surface area contributed by atoms with Gasteiger partial charge >= 0.3 is 0 Å². The molecule has 1 fully saturated rings. The van der Waals surface area contributed by atoms with E-state index in [1.54, 1.807) is 6.21 Å². The lowest BCUT2D eigenvalue weighted by atomic mass is 9.72. The van der Waals surface area contributed by atoms with Crippen LogP contribution < -0.4 is 0 Å². The highest BCUT2D eigenvalue weighted by atomic mass is 14.4. The van der Waals surface area contributed by atoms with Crippen molar-refractivity contribution in [2.75, 3.05) is 0 Å². The summed E-state index contributed by atoms with van der Waals surface area (Å²) in [6.07, 6.45) is 5.37. The van der Waals surface area contributed by atoms with Gasteiger partial charge in [0.1, 0.15) is 0 Å². The first-order valence-electron chi connectivity index (χ1n) is 2.78. The van der Waals surface area contributed by atoms with E-state index in [9.17, 15) is 0 Å². The molecule has 0 unspecified atom stereocenters. The summed E-state index contributed by atoms with van der Waals surface area (Å²) in [4.78, 5) is 0. The summed E-state index contributed by atoms with van der Waals surface area (Å²) in [5, 5.41) is 6.93. The van der Waals surface area contributed by atoms with Gasteiger partial charge in [0.2, 0.25) is 0 Å². The monoisotopic (exact) mass is 97.1 g/mol. The summed E-state index contributed by atoms with van der Waals surface area (Å²) in [6, 6.07) is 0. The molecule has 1 aliphatic carbocycles. The summed E-state index contributed by atoms with van der Waals surface area (Å²) in [5.41, 5.74) is 0.306. The molecule has 40 valence electrons. The van der Waals surface area contributed by atoms with Crippen molar-refractivity contribution in [1.29, 1.82) is 5.41 Å². The van der Waals surface area contributed by atoms with Gasteiger partial charge in [-0.3, -0.25) is 0 Å². The van der Waals surface area contributed by atoms with Crippen molar-refractivity contribution in [3.8, 4) is 0 Å². The average Bonchev–Trinajstić information content (AvgIpc) is 1.61. The molecule has 7 heavy (non-hydrogen) atoms. The lowest BCUT2D eigenvalue weighted by molar-refractivity contribution is 0.269. The number of hydrogen-bond donors (Lipinski definition) is 1. The molecule has 0 aliphatic heterocycles. The highest BCUT2D eigenvalue weighted by molar-refractivity contribution is 5.62. The third-order valence-corrected chi connectivity index (χ3v) is 1.84. The van der Waals surface area contributed by atoms with Crippen molar-refractivity contribution < 1.29 is 0 Å². The van der Waals surface area contributed by atoms with E-state index in [0.29, 0.717) is 5.41 Å². The summed E-state index contributed by atoms with van der Waals surface area (Å²) < 4.78 is 0. The van der Waals surface area contributed by atoms with Gasteiger partial charge in [-0.2, -0.15) is 0 Å². The summed E-state index contributed by atoms with van der Waals surface area (Å²) in [5.74, 6) is 0. The zero-order valence-electron chi connectivity index (χ0n) is 4.70. The van der Waals surface area contributed by atoms with E-state index in [0.717, 1.165) is 0 Å². The molecule has 0 radical (unpaired) electrons. The molecule has 1 N–H and O–H groups in total. The summed E-state index contributed by atoms with van der Waals surface area (Å²) >= 11 is 0. The Hall–Kier alpha value is -0.330. The topological polar surface area (TPSA) is 23.9 Å². The maximum absolute atomic E-state index is 6.93. The zero-order valence-corrected chi connectivity index (χ0v) is 4.70. The Morgan fingerprint density at radius 2 is 2.14 bits per heavy atom. The van der Waals surface area contributed by atoms with Crippen LogP contribution in [0.1, 0.15) is 26.2 Å². The van der Waals surface area contributed by atoms with Crippen LogP contribution in [0.25, 0.3) is 0 Å². The highest BCUT2D eigenvalue weighted by Crippen LogP contribution is 2.37. The van der Waals surface area contributed by atoms with E-state index in [1.165, 1.54) is 19.3 Å². The first kappa shape index (κ1) is 4.82. The van der Waals surface area contributed by atoms with Crippen molar-refractivity contribution in [3.63, 3.8) is 0 Å². The number of nitrogens with one attached hydrogen (secondary N) is 1. The fourth-order valence-corrected chi connectivity index (χ4v) is 0.879. The maximum Gasteiger partial charge on any atom is 0.00214 e. The van der Waals surface area contributed by atoms with Gasteiger partial charge in [0, 0.05) is 11.6 Å². The van der Waals surface area contributed by atoms with E-state index in [4.69, 9.17) is 5.41 Å². The first-order chi connectivity index (χ1) is 3.27. The Balaban J connectivity index is 2.43. The van der Waals surface area contributed by atoms with E-state index in [2.05, 4.69) is 6.92 Å². The molecular weight excluding hydrogens is 86.1 g/mol. The molecule has 0 bridgehead atoms. The highest BCUT2D eigenvalue weighted by Gasteiger charge is 2.28. The van der Waals surface area contributed by atoms with Crippen LogP contribution in [0.15, 0.2) is 0 Å². The van der Waals surface area contributed by atoms with Crippen molar-refractivity contribution in [1.82, 2.24) is 0 Å². The van der Waals surface area contributed by atoms with Crippen LogP contribution in [0.4, 0.5) is 0 Å². The Kier molecular flexibility index (Phi) is 0.911. The Bertz CT molecular complexity index is 82.2. The third kappa shape index (κ3) is 0.671. The third-order valence-electron chi connectivity index (χ3n) is 1.84. The molecule has 0 spiro atoms. The van der Waals surface area contributed by atoms with Gasteiger partial charge in [0.05, 0.1) is 0 Å². The second kappa shape index (κ2) is 1.32. The number of rotatable bonds is 1. The molecule has 1 saturated carbocycles. The van der Waals surface area contributed by atoms with E-state index >= 15 is 0 Å². The van der Waals surface area contributed by atoms with Gasteiger partial charge < -0.3 is 5.41 Å². The minimum atomic E-state index is 0.306. The van der Waals surface area contributed by atoms with Crippen molar-refractivity contribution in [3.05, 3.63) is 0 Å². The van der Waals surface area contributed by atoms with Gasteiger partial charge in [-0.15, -0.1) is 0 Å². The lowest BCUT2D eigenvalue weighted by Crippen LogP contribution is -2.26. The van der Waals surface area contributed by atoms with Crippen LogP contribution in [0.5, 0.6) is 0 Å². The molecular formula is C6H11N.